The Labute approximate surface area is 202 Å². The standard InChI is InChI=1S/C23H32N4O3.HI/c1-23(2,3)27-21(28)18-9-7-8-16(12-18)14-25-22(24-4)26-15-17-10-11-19(29-5)20(13-17)30-6;/h7-13H,14-15H2,1-6H3,(H,27,28)(H2,24,25,26);1H. The van der Waals surface area contributed by atoms with Crippen molar-refractivity contribution in [2.24, 2.45) is 4.99 Å². The first-order chi connectivity index (χ1) is 14.3. The number of nitrogens with one attached hydrogen (secondary N) is 3. The Balaban J connectivity index is 0.00000480. The molecule has 2 rings (SSSR count). The molecule has 1 amide bonds. The van der Waals surface area contributed by atoms with Crippen molar-refractivity contribution < 1.29 is 14.3 Å². The lowest BCUT2D eigenvalue weighted by molar-refractivity contribution is 0.0919. The van der Waals surface area contributed by atoms with Gasteiger partial charge in [-0.15, -0.1) is 24.0 Å². The van der Waals surface area contributed by atoms with Crippen LogP contribution in [0.25, 0.3) is 0 Å². The molecule has 2 aromatic carbocycles. The summed E-state index contributed by atoms with van der Waals surface area (Å²) in [6.45, 7) is 7.01. The third-order valence-electron chi connectivity index (χ3n) is 4.27. The average molecular weight is 540 g/mol. The Bertz CT molecular complexity index is 895. The minimum atomic E-state index is -0.276. The monoisotopic (exact) mass is 540 g/mol. The van der Waals surface area contributed by atoms with E-state index in [1.54, 1.807) is 21.3 Å². The van der Waals surface area contributed by atoms with Gasteiger partial charge in [0.1, 0.15) is 0 Å². The van der Waals surface area contributed by atoms with E-state index in [1.165, 1.54) is 0 Å². The molecule has 0 atom stereocenters. The molecule has 0 unspecified atom stereocenters. The summed E-state index contributed by atoms with van der Waals surface area (Å²) in [4.78, 5) is 16.6. The van der Waals surface area contributed by atoms with Crippen LogP contribution in [-0.2, 0) is 13.1 Å². The number of nitrogens with zero attached hydrogens (tertiary/aromatic N) is 1. The van der Waals surface area contributed by atoms with Crippen LogP contribution in [0.3, 0.4) is 0 Å². The third-order valence-corrected chi connectivity index (χ3v) is 4.27. The Hall–Kier alpha value is -2.49. The number of hydrogen-bond donors (Lipinski definition) is 3. The molecule has 0 aliphatic rings. The SMILES string of the molecule is CN=C(NCc1cccc(C(=O)NC(C)(C)C)c1)NCc1ccc(OC)c(OC)c1.I. The van der Waals surface area contributed by atoms with Gasteiger partial charge in [-0.3, -0.25) is 9.79 Å². The highest BCUT2D eigenvalue weighted by molar-refractivity contribution is 14.0. The molecule has 0 spiro atoms. The number of guanidine groups is 1. The maximum absolute atomic E-state index is 12.4. The van der Waals surface area contributed by atoms with Gasteiger partial charge in [-0.05, 0) is 56.2 Å². The summed E-state index contributed by atoms with van der Waals surface area (Å²) in [5.74, 6) is 1.96. The van der Waals surface area contributed by atoms with Crippen molar-refractivity contribution in [2.45, 2.75) is 39.4 Å². The molecule has 170 valence electrons. The maximum Gasteiger partial charge on any atom is 0.251 e. The zero-order valence-corrected chi connectivity index (χ0v) is 21.4. The van der Waals surface area contributed by atoms with Crippen molar-refractivity contribution in [3.05, 3.63) is 59.2 Å². The number of amides is 1. The maximum atomic E-state index is 12.4. The number of carbonyl (C=O) groups excluding carboxylic acids is 1. The second-order valence-electron chi connectivity index (χ2n) is 7.87. The molecule has 0 aromatic heterocycles. The highest BCUT2D eigenvalue weighted by Crippen LogP contribution is 2.27. The van der Waals surface area contributed by atoms with Crippen molar-refractivity contribution in [1.82, 2.24) is 16.0 Å². The lowest BCUT2D eigenvalue weighted by Crippen LogP contribution is -2.40. The summed E-state index contributed by atoms with van der Waals surface area (Å²) >= 11 is 0. The summed E-state index contributed by atoms with van der Waals surface area (Å²) in [6.07, 6.45) is 0. The molecular weight excluding hydrogens is 507 g/mol. The summed E-state index contributed by atoms with van der Waals surface area (Å²) in [6, 6.07) is 13.3. The topological polar surface area (TPSA) is 84.0 Å². The van der Waals surface area contributed by atoms with Gasteiger partial charge in [0.25, 0.3) is 5.91 Å². The second kappa shape index (κ2) is 12.4. The summed E-state index contributed by atoms with van der Waals surface area (Å²) in [5.41, 5.74) is 2.39. The molecule has 0 fully saturated rings. The van der Waals surface area contributed by atoms with Gasteiger partial charge in [-0.2, -0.15) is 0 Å². The number of carbonyl (C=O) groups is 1. The van der Waals surface area contributed by atoms with E-state index in [0.717, 1.165) is 11.1 Å². The fourth-order valence-electron chi connectivity index (χ4n) is 2.82. The summed E-state index contributed by atoms with van der Waals surface area (Å²) < 4.78 is 10.6. The molecule has 0 bridgehead atoms. The molecule has 3 N–H and O–H groups in total. The van der Waals surface area contributed by atoms with Gasteiger partial charge in [0.2, 0.25) is 0 Å². The van der Waals surface area contributed by atoms with Gasteiger partial charge in [0, 0.05) is 31.2 Å². The van der Waals surface area contributed by atoms with Gasteiger partial charge in [0.05, 0.1) is 14.2 Å². The van der Waals surface area contributed by atoms with Crippen LogP contribution in [0.1, 0.15) is 42.3 Å². The second-order valence-corrected chi connectivity index (χ2v) is 7.87. The van der Waals surface area contributed by atoms with E-state index in [0.29, 0.717) is 36.1 Å². The molecule has 31 heavy (non-hydrogen) atoms. The number of methoxy groups -OCH3 is 2. The van der Waals surface area contributed by atoms with Gasteiger partial charge < -0.3 is 25.4 Å². The van der Waals surface area contributed by atoms with Crippen LogP contribution in [0.5, 0.6) is 11.5 Å². The van der Waals surface area contributed by atoms with Crippen molar-refractivity contribution in [3.63, 3.8) is 0 Å². The van der Waals surface area contributed by atoms with Crippen LogP contribution < -0.4 is 25.4 Å². The first kappa shape index (κ1) is 26.5. The van der Waals surface area contributed by atoms with Gasteiger partial charge in [-0.1, -0.05) is 18.2 Å². The highest BCUT2D eigenvalue weighted by atomic mass is 127. The lowest BCUT2D eigenvalue weighted by atomic mass is 10.1. The van der Waals surface area contributed by atoms with Crippen molar-refractivity contribution >= 4 is 35.8 Å². The number of ether oxygens (including phenoxy) is 2. The minimum Gasteiger partial charge on any atom is -0.493 e. The molecule has 0 saturated heterocycles. The van der Waals surface area contributed by atoms with Crippen LogP contribution in [-0.4, -0.2) is 38.7 Å². The number of aliphatic imine (C=N–C) groups is 1. The first-order valence-electron chi connectivity index (χ1n) is 9.82. The zero-order valence-electron chi connectivity index (χ0n) is 19.0. The minimum absolute atomic E-state index is 0. The molecule has 0 aliphatic heterocycles. The molecule has 0 radical (unpaired) electrons. The summed E-state index contributed by atoms with van der Waals surface area (Å²) in [7, 11) is 4.95. The Morgan fingerprint density at radius 3 is 2.10 bits per heavy atom. The number of hydrogen-bond acceptors (Lipinski definition) is 4. The quantitative estimate of drug-likeness (QED) is 0.284. The molecule has 0 heterocycles. The molecule has 8 heteroatoms. The van der Waals surface area contributed by atoms with Crippen LogP contribution in [0, 0.1) is 0 Å². The Morgan fingerprint density at radius 1 is 0.935 bits per heavy atom. The fraction of sp³-hybridized carbons (Fsp3) is 0.391. The zero-order chi connectivity index (χ0) is 22.1. The predicted octanol–water partition coefficient (Wildman–Crippen LogP) is 3.72. The lowest BCUT2D eigenvalue weighted by Gasteiger charge is -2.20. The molecule has 7 nitrogen and oxygen atoms in total. The largest absolute Gasteiger partial charge is 0.493 e. The Morgan fingerprint density at radius 2 is 1.55 bits per heavy atom. The fourth-order valence-corrected chi connectivity index (χ4v) is 2.82. The highest BCUT2D eigenvalue weighted by Gasteiger charge is 2.15. The first-order valence-corrected chi connectivity index (χ1v) is 9.82. The van der Waals surface area contributed by atoms with E-state index in [1.807, 2.05) is 63.2 Å². The van der Waals surface area contributed by atoms with Gasteiger partial charge >= 0.3 is 0 Å². The van der Waals surface area contributed by atoms with Crippen molar-refractivity contribution in [2.75, 3.05) is 21.3 Å². The van der Waals surface area contributed by atoms with E-state index in [2.05, 4.69) is 20.9 Å². The van der Waals surface area contributed by atoms with Crippen molar-refractivity contribution in [1.29, 1.82) is 0 Å². The number of rotatable bonds is 7. The van der Waals surface area contributed by atoms with Crippen LogP contribution in [0.15, 0.2) is 47.5 Å². The van der Waals surface area contributed by atoms with Crippen LogP contribution in [0.2, 0.25) is 0 Å². The molecule has 2 aromatic rings. The van der Waals surface area contributed by atoms with Gasteiger partial charge in [0.15, 0.2) is 17.5 Å². The number of halogens is 1. The molecule has 0 saturated carbocycles. The summed E-state index contributed by atoms with van der Waals surface area (Å²) in [5, 5.41) is 9.53. The Kier molecular flexibility index (Phi) is 10.6. The smallest absolute Gasteiger partial charge is 0.251 e. The van der Waals surface area contributed by atoms with Crippen LogP contribution >= 0.6 is 24.0 Å². The van der Waals surface area contributed by atoms with E-state index in [-0.39, 0.29) is 35.4 Å². The van der Waals surface area contributed by atoms with E-state index < -0.39 is 0 Å². The van der Waals surface area contributed by atoms with Crippen molar-refractivity contribution in [3.8, 4) is 11.5 Å². The average Bonchev–Trinajstić information content (AvgIpc) is 2.72. The molecular formula is C23H33IN4O3. The normalized spacial score (nSPS) is 11.2. The van der Waals surface area contributed by atoms with E-state index >= 15 is 0 Å². The predicted molar refractivity (Wildman–Crippen MR) is 136 cm³/mol. The number of benzene rings is 2. The molecule has 0 aliphatic carbocycles. The van der Waals surface area contributed by atoms with Crippen LogP contribution in [0.4, 0.5) is 0 Å². The van der Waals surface area contributed by atoms with Gasteiger partial charge in [-0.25, -0.2) is 0 Å². The third kappa shape index (κ3) is 8.64. The van der Waals surface area contributed by atoms with E-state index in [4.69, 9.17) is 9.47 Å². The van der Waals surface area contributed by atoms with E-state index in [9.17, 15) is 4.79 Å².